The summed E-state index contributed by atoms with van der Waals surface area (Å²) >= 11 is 6.07. The van der Waals surface area contributed by atoms with Crippen LogP contribution in [0.1, 0.15) is 15.9 Å². The minimum atomic E-state index is -3.94. The molecule has 3 aromatic carbocycles. The Balaban J connectivity index is 1.91. The molecule has 7 nitrogen and oxygen atoms in total. The van der Waals surface area contributed by atoms with E-state index in [1.807, 2.05) is 0 Å². The van der Waals surface area contributed by atoms with E-state index in [0.29, 0.717) is 17.0 Å². The zero-order valence-electron chi connectivity index (χ0n) is 17.1. The lowest BCUT2D eigenvalue weighted by Crippen LogP contribution is -2.17. The highest BCUT2D eigenvalue weighted by molar-refractivity contribution is 7.92. The topological polar surface area (TPSA) is 93.7 Å². The summed E-state index contributed by atoms with van der Waals surface area (Å²) in [5, 5.41) is 2.98. The van der Waals surface area contributed by atoms with Gasteiger partial charge in [0.2, 0.25) is 0 Å². The molecule has 0 spiro atoms. The zero-order valence-corrected chi connectivity index (χ0v) is 18.7. The molecule has 0 bridgehead atoms. The van der Waals surface area contributed by atoms with Gasteiger partial charge in [-0.3, -0.25) is 9.52 Å². The van der Waals surface area contributed by atoms with E-state index in [9.17, 15) is 13.2 Å². The summed E-state index contributed by atoms with van der Waals surface area (Å²) in [6, 6.07) is 16.1. The lowest BCUT2D eigenvalue weighted by molar-refractivity contribution is 0.102. The molecule has 0 aliphatic rings. The lowest BCUT2D eigenvalue weighted by Gasteiger charge is -2.15. The Morgan fingerprint density at radius 3 is 2.39 bits per heavy atom. The maximum absolute atomic E-state index is 12.9. The number of anilines is 2. The summed E-state index contributed by atoms with van der Waals surface area (Å²) in [5.41, 5.74) is 1.33. The van der Waals surface area contributed by atoms with Crippen molar-refractivity contribution in [2.24, 2.45) is 0 Å². The minimum absolute atomic E-state index is 0.0165. The van der Waals surface area contributed by atoms with Crippen molar-refractivity contribution in [3.63, 3.8) is 0 Å². The van der Waals surface area contributed by atoms with Gasteiger partial charge in [0.25, 0.3) is 15.9 Å². The highest BCUT2D eigenvalue weighted by Gasteiger charge is 2.21. The van der Waals surface area contributed by atoms with Crippen molar-refractivity contribution in [2.75, 3.05) is 24.3 Å². The first kappa shape index (κ1) is 22.5. The molecule has 0 aromatic heterocycles. The molecule has 3 aromatic rings. The van der Waals surface area contributed by atoms with Gasteiger partial charge in [-0.1, -0.05) is 35.9 Å². The molecule has 1 amide bonds. The van der Waals surface area contributed by atoms with Crippen LogP contribution in [0, 0.1) is 6.92 Å². The Morgan fingerprint density at radius 1 is 0.968 bits per heavy atom. The van der Waals surface area contributed by atoms with Crippen molar-refractivity contribution in [3.05, 3.63) is 76.8 Å². The van der Waals surface area contributed by atoms with Crippen molar-refractivity contribution < 1.29 is 22.7 Å². The molecule has 0 saturated heterocycles. The molecular weight excluding hydrogens is 440 g/mol. The standard InChI is InChI=1S/C22H21ClN2O5S/c1-14-11-12-15(24-22(26)16-7-6-10-19(29-2)21(16)30-3)13-20(14)31(27,28)25-18-9-5-4-8-17(18)23/h4-13,25H,1-3H3,(H,24,26). The lowest BCUT2D eigenvalue weighted by atomic mass is 10.1. The number of hydrogen-bond acceptors (Lipinski definition) is 5. The summed E-state index contributed by atoms with van der Waals surface area (Å²) in [6.07, 6.45) is 0. The van der Waals surface area contributed by atoms with Crippen LogP contribution in [0.2, 0.25) is 5.02 Å². The van der Waals surface area contributed by atoms with E-state index in [1.54, 1.807) is 61.5 Å². The third kappa shape index (κ3) is 4.92. The van der Waals surface area contributed by atoms with Gasteiger partial charge in [-0.25, -0.2) is 8.42 Å². The number of halogens is 1. The third-order valence-corrected chi connectivity index (χ3v) is 6.34. The van der Waals surface area contributed by atoms with Crippen molar-refractivity contribution in [3.8, 4) is 11.5 Å². The summed E-state index contributed by atoms with van der Waals surface area (Å²) < 4.78 is 38.9. The van der Waals surface area contributed by atoms with Crippen LogP contribution in [0.15, 0.2) is 65.6 Å². The number of ether oxygens (including phenoxy) is 2. The van der Waals surface area contributed by atoms with Gasteiger partial charge in [0.05, 0.1) is 35.4 Å². The minimum Gasteiger partial charge on any atom is -0.493 e. The second-order valence-corrected chi connectivity index (χ2v) is 8.62. The largest absolute Gasteiger partial charge is 0.493 e. The van der Waals surface area contributed by atoms with Crippen molar-refractivity contribution in [2.45, 2.75) is 11.8 Å². The first-order chi connectivity index (χ1) is 14.8. The maximum Gasteiger partial charge on any atom is 0.262 e. The predicted octanol–water partition coefficient (Wildman–Crippen LogP) is 4.72. The van der Waals surface area contributed by atoms with Crippen molar-refractivity contribution in [1.82, 2.24) is 0 Å². The molecule has 0 unspecified atom stereocenters. The van der Waals surface area contributed by atoms with Gasteiger partial charge in [-0.15, -0.1) is 0 Å². The smallest absolute Gasteiger partial charge is 0.262 e. The van der Waals surface area contributed by atoms with Crippen LogP contribution < -0.4 is 19.5 Å². The van der Waals surface area contributed by atoms with E-state index in [1.165, 1.54) is 20.3 Å². The van der Waals surface area contributed by atoms with Gasteiger partial charge in [0.1, 0.15) is 0 Å². The molecule has 0 aliphatic carbocycles. The summed E-state index contributed by atoms with van der Waals surface area (Å²) in [7, 11) is -1.03. The van der Waals surface area contributed by atoms with Crippen LogP contribution in [-0.4, -0.2) is 28.5 Å². The molecule has 0 radical (unpaired) electrons. The number of benzene rings is 3. The van der Waals surface area contributed by atoms with E-state index < -0.39 is 15.9 Å². The second kappa shape index (κ2) is 9.28. The normalized spacial score (nSPS) is 11.0. The van der Waals surface area contributed by atoms with Crippen LogP contribution in [0.25, 0.3) is 0 Å². The number of carbonyl (C=O) groups is 1. The molecule has 162 valence electrons. The quantitative estimate of drug-likeness (QED) is 0.532. The summed E-state index contributed by atoms with van der Waals surface area (Å²) in [4.78, 5) is 12.8. The van der Waals surface area contributed by atoms with E-state index in [0.717, 1.165) is 0 Å². The van der Waals surface area contributed by atoms with Crippen LogP contribution in [0.5, 0.6) is 11.5 Å². The van der Waals surface area contributed by atoms with Gasteiger partial charge in [0.15, 0.2) is 11.5 Å². The monoisotopic (exact) mass is 460 g/mol. The average molecular weight is 461 g/mol. The number of rotatable bonds is 7. The summed E-state index contributed by atoms with van der Waals surface area (Å²) in [6.45, 7) is 1.66. The molecule has 0 saturated carbocycles. The average Bonchev–Trinajstić information content (AvgIpc) is 2.75. The van der Waals surface area contributed by atoms with E-state index in [2.05, 4.69) is 10.0 Å². The van der Waals surface area contributed by atoms with E-state index in [4.69, 9.17) is 21.1 Å². The van der Waals surface area contributed by atoms with Crippen LogP contribution in [-0.2, 0) is 10.0 Å². The second-order valence-electron chi connectivity index (χ2n) is 6.56. The SMILES string of the molecule is COc1cccc(C(=O)Nc2ccc(C)c(S(=O)(=O)Nc3ccccc3Cl)c2)c1OC. The predicted molar refractivity (Wildman–Crippen MR) is 121 cm³/mol. The molecule has 0 heterocycles. The fourth-order valence-electron chi connectivity index (χ4n) is 2.98. The Morgan fingerprint density at radius 2 is 1.71 bits per heavy atom. The number of aryl methyl sites for hydroxylation is 1. The van der Waals surface area contributed by atoms with E-state index in [-0.39, 0.29) is 26.9 Å². The number of sulfonamides is 1. The summed E-state index contributed by atoms with van der Waals surface area (Å²) in [5.74, 6) is 0.219. The Kier molecular flexibility index (Phi) is 6.72. The molecule has 0 atom stereocenters. The first-order valence-electron chi connectivity index (χ1n) is 9.17. The van der Waals surface area contributed by atoms with Gasteiger partial charge < -0.3 is 14.8 Å². The highest BCUT2D eigenvalue weighted by Crippen LogP contribution is 2.32. The number of hydrogen-bond donors (Lipinski definition) is 2. The van der Waals surface area contributed by atoms with Crippen LogP contribution in [0.3, 0.4) is 0 Å². The van der Waals surface area contributed by atoms with Crippen LogP contribution in [0.4, 0.5) is 11.4 Å². The number of amides is 1. The molecule has 9 heteroatoms. The van der Waals surface area contributed by atoms with Crippen molar-refractivity contribution in [1.29, 1.82) is 0 Å². The number of carbonyl (C=O) groups excluding carboxylic acids is 1. The van der Waals surface area contributed by atoms with Crippen molar-refractivity contribution >= 4 is 38.9 Å². The fraction of sp³-hybridized carbons (Fsp3) is 0.136. The Hall–Kier alpha value is -3.23. The number of nitrogens with one attached hydrogen (secondary N) is 2. The maximum atomic E-state index is 12.9. The van der Waals surface area contributed by atoms with E-state index >= 15 is 0 Å². The zero-order chi connectivity index (χ0) is 22.6. The molecule has 31 heavy (non-hydrogen) atoms. The Labute approximate surface area is 186 Å². The molecule has 3 rings (SSSR count). The molecular formula is C22H21ClN2O5S. The molecule has 2 N–H and O–H groups in total. The number of para-hydroxylation sites is 2. The third-order valence-electron chi connectivity index (χ3n) is 4.50. The Bertz CT molecular complexity index is 1230. The van der Waals surface area contributed by atoms with Crippen LogP contribution >= 0.6 is 11.6 Å². The van der Waals surface area contributed by atoms with Gasteiger partial charge in [-0.2, -0.15) is 0 Å². The van der Waals surface area contributed by atoms with Gasteiger partial charge >= 0.3 is 0 Å². The highest BCUT2D eigenvalue weighted by atomic mass is 35.5. The van der Waals surface area contributed by atoms with Gasteiger partial charge in [0, 0.05) is 5.69 Å². The first-order valence-corrected chi connectivity index (χ1v) is 11.0. The van der Waals surface area contributed by atoms with Gasteiger partial charge in [-0.05, 0) is 48.9 Å². The molecule has 0 fully saturated rings. The molecule has 0 aliphatic heterocycles. The fourth-order valence-corrected chi connectivity index (χ4v) is 4.57. The number of methoxy groups -OCH3 is 2.